The lowest BCUT2D eigenvalue weighted by atomic mass is 9.87. The molecule has 2 unspecified atom stereocenters. The van der Waals surface area contributed by atoms with Crippen molar-refractivity contribution in [1.82, 2.24) is 0 Å². The zero-order chi connectivity index (χ0) is 9.80. The van der Waals surface area contributed by atoms with Crippen LogP contribution in [-0.4, -0.2) is 11.2 Å². The molecule has 0 aromatic carbocycles. The minimum absolute atomic E-state index is 0.158. The van der Waals surface area contributed by atoms with Crippen LogP contribution in [0.15, 0.2) is 29.0 Å². The van der Waals surface area contributed by atoms with Crippen LogP contribution in [0.4, 0.5) is 0 Å². The minimum Gasteiger partial charge on any atom is -0.392 e. The van der Waals surface area contributed by atoms with E-state index in [4.69, 9.17) is 0 Å². The molecule has 0 aliphatic heterocycles. The summed E-state index contributed by atoms with van der Waals surface area (Å²) in [4.78, 5) is 0. The Labute approximate surface area is 89.1 Å². The van der Waals surface area contributed by atoms with Gasteiger partial charge in [-0.3, -0.25) is 0 Å². The van der Waals surface area contributed by atoms with Crippen LogP contribution in [-0.2, 0) is 6.42 Å². The van der Waals surface area contributed by atoms with Crippen molar-refractivity contribution in [2.24, 2.45) is 5.92 Å². The Morgan fingerprint density at radius 1 is 1.50 bits per heavy atom. The van der Waals surface area contributed by atoms with Crippen molar-refractivity contribution >= 4 is 11.3 Å². The van der Waals surface area contributed by atoms with E-state index in [-0.39, 0.29) is 6.10 Å². The van der Waals surface area contributed by atoms with Gasteiger partial charge in [-0.2, -0.15) is 11.3 Å². The topological polar surface area (TPSA) is 20.2 Å². The SMILES string of the molecule is OC(Cc1ccsc1)C1CC=CCC1. The standard InChI is InChI=1S/C12H16OS/c13-12(8-10-6-7-14-9-10)11-4-2-1-3-5-11/h1-2,6-7,9,11-13H,3-5,8H2. The maximum absolute atomic E-state index is 10.0. The summed E-state index contributed by atoms with van der Waals surface area (Å²) in [6.45, 7) is 0. The summed E-state index contributed by atoms with van der Waals surface area (Å²) in [5.74, 6) is 0.472. The van der Waals surface area contributed by atoms with Crippen molar-refractivity contribution in [3.8, 4) is 0 Å². The second-order valence-corrected chi connectivity index (χ2v) is 4.73. The van der Waals surface area contributed by atoms with E-state index in [1.807, 2.05) is 0 Å². The first-order valence-electron chi connectivity index (χ1n) is 5.20. The van der Waals surface area contributed by atoms with Crippen LogP contribution in [0.3, 0.4) is 0 Å². The summed E-state index contributed by atoms with van der Waals surface area (Å²) < 4.78 is 0. The lowest BCUT2D eigenvalue weighted by molar-refractivity contribution is 0.102. The van der Waals surface area contributed by atoms with Crippen molar-refractivity contribution in [2.75, 3.05) is 0 Å². The highest BCUT2D eigenvalue weighted by Crippen LogP contribution is 2.24. The van der Waals surface area contributed by atoms with Gasteiger partial charge in [-0.25, -0.2) is 0 Å². The molecule has 0 saturated carbocycles. The summed E-state index contributed by atoms with van der Waals surface area (Å²) in [7, 11) is 0. The molecule has 0 bridgehead atoms. The first-order chi connectivity index (χ1) is 6.86. The number of hydrogen-bond donors (Lipinski definition) is 1. The van der Waals surface area contributed by atoms with Crippen molar-refractivity contribution < 1.29 is 5.11 Å². The van der Waals surface area contributed by atoms with E-state index in [9.17, 15) is 5.11 Å². The van der Waals surface area contributed by atoms with Crippen LogP contribution >= 0.6 is 11.3 Å². The Balaban J connectivity index is 1.89. The summed E-state index contributed by atoms with van der Waals surface area (Å²) in [6.07, 6.45) is 8.40. The van der Waals surface area contributed by atoms with E-state index in [1.165, 1.54) is 5.56 Å². The molecule has 0 amide bonds. The van der Waals surface area contributed by atoms with Gasteiger partial charge in [0.1, 0.15) is 0 Å². The van der Waals surface area contributed by atoms with Crippen LogP contribution in [0.5, 0.6) is 0 Å². The molecule has 1 aromatic rings. The van der Waals surface area contributed by atoms with Gasteiger partial charge < -0.3 is 5.11 Å². The average Bonchev–Trinajstić information content (AvgIpc) is 2.72. The molecule has 2 rings (SSSR count). The fraction of sp³-hybridized carbons (Fsp3) is 0.500. The minimum atomic E-state index is -0.158. The van der Waals surface area contributed by atoms with E-state index in [0.717, 1.165) is 25.7 Å². The summed E-state index contributed by atoms with van der Waals surface area (Å²) >= 11 is 1.70. The summed E-state index contributed by atoms with van der Waals surface area (Å²) in [6, 6.07) is 2.10. The lowest BCUT2D eigenvalue weighted by Crippen LogP contribution is -2.23. The third-order valence-corrected chi connectivity index (χ3v) is 3.61. The van der Waals surface area contributed by atoms with Crippen LogP contribution in [0.1, 0.15) is 24.8 Å². The predicted octanol–water partition coefficient (Wildman–Crippen LogP) is 3.01. The Hall–Kier alpha value is -0.600. The van der Waals surface area contributed by atoms with Crippen molar-refractivity contribution in [3.63, 3.8) is 0 Å². The Morgan fingerprint density at radius 3 is 3.07 bits per heavy atom. The van der Waals surface area contributed by atoms with Crippen LogP contribution in [0, 0.1) is 5.92 Å². The van der Waals surface area contributed by atoms with Crippen LogP contribution in [0.25, 0.3) is 0 Å². The summed E-state index contributed by atoms with van der Waals surface area (Å²) in [5.41, 5.74) is 1.28. The number of thiophene rings is 1. The highest BCUT2D eigenvalue weighted by molar-refractivity contribution is 7.07. The molecule has 1 N–H and O–H groups in total. The number of rotatable bonds is 3. The first kappa shape index (κ1) is 9.94. The molecule has 1 aliphatic carbocycles. The molecular weight excluding hydrogens is 192 g/mol. The van der Waals surface area contributed by atoms with Gasteiger partial charge in [0, 0.05) is 0 Å². The molecule has 2 heteroatoms. The van der Waals surface area contributed by atoms with Crippen molar-refractivity contribution in [3.05, 3.63) is 34.5 Å². The fourth-order valence-electron chi connectivity index (χ4n) is 1.98. The molecule has 0 saturated heterocycles. The second-order valence-electron chi connectivity index (χ2n) is 3.95. The molecule has 1 heterocycles. The average molecular weight is 208 g/mol. The van der Waals surface area contributed by atoms with Gasteiger partial charge >= 0.3 is 0 Å². The van der Waals surface area contributed by atoms with E-state index in [0.29, 0.717) is 5.92 Å². The van der Waals surface area contributed by atoms with E-state index in [2.05, 4.69) is 29.0 Å². The number of aliphatic hydroxyl groups is 1. The summed E-state index contributed by atoms with van der Waals surface area (Å²) in [5, 5.41) is 14.2. The molecule has 14 heavy (non-hydrogen) atoms. The van der Waals surface area contributed by atoms with Gasteiger partial charge in [0.05, 0.1) is 6.10 Å². The van der Waals surface area contributed by atoms with Gasteiger partial charge in [-0.05, 0) is 54.0 Å². The molecule has 1 aromatic heterocycles. The van der Waals surface area contributed by atoms with Gasteiger partial charge in [0.15, 0.2) is 0 Å². The Kier molecular flexibility index (Phi) is 3.38. The number of aliphatic hydroxyl groups excluding tert-OH is 1. The fourth-order valence-corrected chi connectivity index (χ4v) is 2.66. The first-order valence-corrected chi connectivity index (χ1v) is 6.14. The largest absolute Gasteiger partial charge is 0.392 e. The van der Waals surface area contributed by atoms with Gasteiger partial charge in [-0.1, -0.05) is 12.2 Å². The Morgan fingerprint density at radius 2 is 2.43 bits per heavy atom. The van der Waals surface area contributed by atoms with E-state index < -0.39 is 0 Å². The van der Waals surface area contributed by atoms with Crippen LogP contribution in [0.2, 0.25) is 0 Å². The predicted molar refractivity (Wildman–Crippen MR) is 60.5 cm³/mol. The van der Waals surface area contributed by atoms with Crippen LogP contribution < -0.4 is 0 Å². The van der Waals surface area contributed by atoms with E-state index in [1.54, 1.807) is 11.3 Å². The van der Waals surface area contributed by atoms with E-state index >= 15 is 0 Å². The smallest absolute Gasteiger partial charge is 0.0612 e. The monoisotopic (exact) mass is 208 g/mol. The highest BCUT2D eigenvalue weighted by Gasteiger charge is 2.19. The van der Waals surface area contributed by atoms with Gasteiger partial charge in [-0.15, -0.1) is 0 Å². The molecular formula is C12H16OS. The second kappa shape index (κ2) is 4.76. The molecule has 0 fully saturated rings. The third-order valence-electron chi connectivity index (χ3n) is 2.88. The molecule has 1 nitrogen and oxygen atoms in total. The maximum atomic E-state index is 10.0. The third kappa shape index (κ3) is 2.46. The number of allylic oxidation sites excluding steroid dienone is 2. The van der Waals surface area contributed by atoms with Crippen molar-refractivity contribution in [2.45, 2.75) is 31.8 Å². The molecule has 0 spiro atoms. The number of hydrogen-bond acceptors (Lipinski definition) is 2. The van der Waals surface area contributed by atoms with Gasteiger partial charge in [0.2, 0.25) is 0 Å². The molecule has 1 aliphatic rings. The lowest BCUT2D eigenvalue weighted by Gasteiger charge is -2.23. The zero-order valence-electron chi connectivity index (χ0n) is 8.23. The normalized spacial score (nSPS) is 23.6. The zero-order valence-corrected chi connectivity index (χ0v) is 9.04. The molecule has 0 radical (unpaired) electrons. The highest BCUT2D eigenvalue weighted by atomic mass is 32.1. The maximum Gasteiger partial charge on any atom is 0.0612 e. The molecule has 2 atom stereocenters. The quantitative estimate of drug-likeness (QED) is 0.757. The van der Waals surface area contributed by atoms with Crippen molar-refractivity contribution in [1.29, 1.82) is 0 Å². The van der Waals surface area contributed by atoms with Gasteiger partial charge in [0.25, 0.3) is 0 Å². The molecule has 76 valence electrons. The Bertz CT molecular complexity index is 289.